The molecule has 0 radical (unpaired) electrons. The summed E-state index contributed by atoms with van der Waals surface area (Å²) >= 11 is 0. The van der Waals surface area contributed by atoms with Crippen LogP contribution >= 0.6 is 0 Å². The zero-order valence-electron chi connectivity index (χ0n) is 15.9. The van der Waals surface area contributed by atoms with Crippen LogP contribution in [0.15, 0.2) is 0 Å². The van der Waals surface area contributed by atoms with E-state index in [1.165, 1.54) is 7.11 Å². The van der Waals surface area contributed by atoms with Crippen molar-refractivity contribution in [1.82, 2.24) is 0 Å². The summed E-state index contributed by atoms with van der Waals surface area (Å²) in [7, 11) is 1.42. The molecule has 6 heteroatoms. The van der Waals surface area contributed by atoms with Gasteiger partial charge < -0.3 is 20.1 Å². The van der Waals surface area contributed by atoms with Gasteiger partial charge in [-0.15, -0.1) is 0 Å². The first-order chi connectivity index (χ1) is 12.1. The summed E-state index contributed by atoms with van der Waals surface area (Å²) in [5.41, 5.74) is 0. The number of aliphatic hydroxyl groups is 2. The van der Waals surface area contributed by atoms with Crippen LogP contribution in [0.1, 0.15) is 89.9 Å². The third-order valence-electron chi connectivity index (χ3n) is 3.82. The highest BCUT2D eigenvalue weighted by atomic mass is 16.5. The fraction of sp³-hybridized carbons (Fsp3) is 0.895. The number of rotatable bonds is 16. The van der Waals surface area contributed by atoms with Crippen LogP contribution in [-0.4, -0.2) is 47.6 Å². The zero-order valence-corrected chi connectivity index (χ0v) is 15.9. The molecular formula is C19H38O6. The lowest BCUT2D eigenvalue weighted by atomic mass is 10.1. The fourth-order valence-electron chi connectivity index (χ4n) is 2.29. The van der Waals surface area contributed by atoms with Crippen LogP contribution in [0, 0.1) is 0 Å². The molecule has 3 N–H and O–H groups in total. The second-order valence-corrected chi connectivity index (χ2v) is 6.16. The Morgan fingerprint density at radius 3 is 1.36 bits per heavy atom. The van der Waals surface area contributed by atoms with Gasteiger partial charge in [-0.1, -0.05) is 51.4 Å². The van der Waals surface area contributed by atoms with Gasteiger partial charge in [-0.2, -0.15) is 0 Å². The van der Waals surface area contributed by atoms with Crippen molar-refractivity contribution in [2.24, 2.45) is 0 Å². The van der Waals surface area contributed by atoms with Crippen LogP contribution in [-0.2, 0) is 14.3 Å². The number of carbonyl (C=O) groups is 2. The second-order valence-electron chi connectivity index (χ2n) is 6.16. The second kappa shape index (κ2) is 22.9. The van der Waals surface area contributed by atoms with E-state index in [1.54, 1.807) is 0 Å². The lowest BCUT2D eigenvalue weighted by molar-refractivity contribution is -0.141. The maximum atomic E-state index is 10.7. The zero-order chi connectivity index (χ0) is 19.2. The smallest absolute Gasteiger partial charge is 0.305 e. The first-order valence-electron chi connectivity index (χ1n) is 9.58. The predicted octanol–water partition coefficient (Wildman–Crippen LogP) is 3.68. The van der Waals surface area contributed by atoms with E-state index in [0.717, 1.165) is 77.0 Å². The molecule has 0 aliphatic carbocycles. The fourth-order valence-corrected chi connectivity index (χ4v) is 2.29. The van der Waals surface area contributed by atoms with E-state index in [2.05, 4.69) is 4.74 Å². The van der Waals surface area contributed by atoms with Crippen molar-refractivity contribution in [3.63, 3.8) is 0 Å². The van der Waals surface area contributed by atoms with Gasteiger partial charge in [-0.05, 0) is 25.7 Å². The van der Waals surface area contributed by atoms with Crippen molar-refractivity contribution in [1.29, 1.82) is 0 Å². The molecule has 0 amide bonds. The molecule has 0 aliphatic heterocycles. The van der Waals surface area contributed by atoms with Crippen LogP contribution in [0.3, 0.4) is 0 Å². The van der Waals surface area contributed by atoms with E-state index in [0.29, 0.717) is 19.4 Å². The number of aliphatic carboxylic acids is 1. The number of carboxylic acid groups (broad SMARTS) is 1. The van der Waals surface area contributed by atoms with Gasteiger partial charge in [0.05, 0.1) is 7.11 Å². The predicted molar refractivity (Wildman–Crippen MR) is 98.5 cm³/mol. The van der Waals surface area contributed by atoms with E-state index in [4.69, 9.17) is 15.3 Å². The van der Waals surface area contributed by atoms with Gasteiger partial charge in [0.15, 0.2) is 0 Å². The number of ether oxygens (including phenoxy) is 1. The van der Waals surface area contributed by atoms with Crippen molar-refractivity contribution in [2.75, 3.05) is 20.3 Å². The number of hydrogen-bond acceptors (Lipinski definition) is 5. The molecule has 0 atom stereocenters. The van der Waals surface area contributed by atoms with Crippen molar-refractivity contribution >= 4 is 11.9 Å². The Labute approximate surface area is 152 Å². The van der Waals surface area contributed by atoms with Gasteiger partial charge in [-0.25, -0.2) is 0 Å². The van der Waals surface area contributed by atoms with E-state index in [1.807, 2.05) is 0 Å². The van der Waals surface area contributed by atoms with Gasteiger partial charge in [0.2, 0.25) is 0 Å². The summed E-state index contributed by atoms with van der Waals surface area (Å²) in [5, 5.41) is 25.3. The summed E-state index contributed by atoms with van der Waals surface area (Å²) in [6, 6.07) is 0. The third-order valence-corrected chi connectivity index (χ3v) is 3.82. The standard InChI is InChI=1S/C10H20O3.C9H18O3/c1-13-10(12)8-6-4-2-3-5-7-9-11;10-8-6-4-2-1-3-5-7-9(11)12/h11H,2-9H2,1H3;10H,1-8H2,(H,11,12). The minimum absolute atomic E-state index is 0.115. The van der Waals surface area contributed by atoms with E-state index < -0.39 is 5.97 Å². The highest BCUT2D eigenvalue weighted by Gasteiger charge is 1.98. The number of aliphatic hydroxyl groups excluding tert-OH is 2. The maximum Gasteiger partial charge on any atom is 0.305 e. The molecule has 0 saturated heterocycles. The van der Waals surface area contributed by atoms with Crippen LogP contribution in [0.5, 0.6) is 0 Å². The number of carbonyl (C=O) groups excluding carboxylic acids is 1. The lowest BCUT2D eigenvalue weighted by Crippen LogP contribution is -1.99. The highest BCUT2D eigenvalue weighted by Crippen LogP contribution is 2.07. The number of unbranched alkanes of at least 4 members (excludes halogenated alkanes) is 10. The Bertz CT molecular complexity index is 294. The van der Waals surface area contributed by atoms with Crippen LogP contribution < -0.4 is 0 Å². The average molecular weight is 363 g/mol. The summed E-state index contributed by atoms with van der Waals surface area (Å²) in [5.74, 6) is -0.819. The summed E-state index contributed by atoms with van der Waals surface area (Å²) < 4.78 is 4.52. The molecule has 6 nitrogen and oxygen atoms in total. The molecule has 0 fully saturated rings. The van der Waals surface area contributed by atoms with Crippen molar-refractivity contribution in [2.45, 2.75) is 89.9 Å². The molecule has 0 aromatic heterocycles. The van der Waals surface area contributed by atoms with Gasteiger partial charge in [-0.3, -0.25) is 9.59 Å². The van der Waals surface area contributed by atoms with E-state index >= 15 is 0 Å². The molecule has 150 valence electrons. The van der Waals surface area contributed by atoms with Crippen LogP contribution in [0.2, 0.25) is 0 Å². The van der Waals surface area contributed by atoms with Crippen molar-refractivity contribution < 1.29 is 29.6 Å². The number of esters is 1. The molecule has 0 aromatic carbocycles. The van der Waals surface area contributed by atoms with Crippen LogP contribution in [0.4, 0.5) is 0 Å². The SMILES string of the molecule is COC(=O)CCCCCCCCO.O=C(O)CCCCCCCCO. The maximum absolute atomic E-state index is 10.7. The summed E-state index contributed by atoms with van der Waals surface area (Å²) in [6.45, 7) is 0.567. The number of methoxy groups -OCH3 is 1. The Hall–Kier alpha value is -1.14. The molecule has 0 aliphatic rings. The topological polar surface area (TPSA) is 104 Å². The van der Waals surface area contributed by atoms with Crippen molar-refractivity contribution in [3.05, 3.63) is 0 Å². The third kappa shape index (κ3) is 28.0. The minimum Gasteiger partial charge on any atom is -0.481 e. The molecular weight excluding hydrogens is 324 g/mol. The molecule has 0 bridgehead atoms. The minimum atomic E-state index is -0.703. The Kier molecular flexibility index (Phi) is 23.9. The monoisotopic (exact) mass is 362 g/mol. The van der Waals surface area contributed by atoms with Crippen LogP contribution in [0.25, 0.3) is 0 Å². The molecule has 0 aromatic rings. The summed E-state index contributed by atoms with van der Waals surface area (Å²) in [6.07, 6.45) is 13.1. The first-order valence-corrected chi connectivity index (χ1v) is 9.58. The van der Waals surface area contributed by atoms with Crippen molar-refractivity contribution in [3.8, 4) is 0 Å². The van der Waals surface area contributed by atoms with Gasteiger partial charge in [0.1, 0.15) is 0 Å². The molecule has 0 rings (SSSR count). The lowest BCUT2D eigenvalue weighted by Gasteiger charge is -2.00. The number of carboxylic acids is 1. The molecule has 0 saturated carbocycles. The normalized spacial score (nSPS) is 10.0. The van der Waals surface area contributed by atoms with Gasteiger partial charge in [0, 0.05) is 26.1 Å². The molecule has 0 unspecified atom stereocenters. The quantitative estimate of drug-likeness (QED) is 0.286. The largest absolute Gasteiger partial charge is 0.481 e. The number of hydrogen-bond donors (Lipinski definition) is 3. The van der Waals surface area contributed by atoms with Gasteiger partial charge >= 0.3 is 11.9 Å². The molecule has 0 spiro atoms. The molecule has 25 heavy (non-hydrogen) atoms. The Morgan fingerprint density at radius 1 is 0.640 bits per heavy atom. The van der Waals surface area contributed by atoms with E-state index in [9.17, 15) is 9.59 Å². The van der Waals surface area contributed by atoms with E-state index in [-0.39, 0.29) is 12.6 Å². The summed E-state index contributed by atoms with van der Waals surface area (Å²) in [4.78, 5) is 20.8. The Morgan fingerprint density at radius 2 is 1.00 bits per heavy atom. The molecule has 0 heterocycles. The highest BCUT2D eigenvalue weighted by molar-refractivity contribution is 5.68. The average Bonchev–Trinajstić information content (AvgIpc) is 2.60. The first kappa shape index (κ1) is 26.1. The van der Waals surface area contributed by atoms with Gasteiger partial charge in [0.25, 0.3) is 0 Å². The Balaban J connectivity index is 0.